The smallest absolute Gasteiger partial charge is 0.337 e. The van der Waals surface area contributed by atoms with Crippen LogP contribution in [0.5, 0.6) is 0 Å². The molecule has 0 aliphatic rings. The number of nitrogens with zero attached hydrogens (tertiary/aromatic N) is 4. The lowest BCUT2D eigenvalue weighted by molar-refractivity contribution is -0.497. The van der Waals surface area contributed by atoms with Gasteiger partial charge in [0.1, 0.15) is 5.69 Å². The summed E-state index contributed by atoms with van der Waals surface area (Å²) in [5.41, 5.74) is 1.69. The van der Waals surface area contributed by atoms with Crippen LogP contribution in [0.25, 0.3) is 16.7 Å². The zero-order valence-corrected chi connectivity index (χ0v) is 14.1. The van der Waals surface area contributed by atoms with E-state index in [-0.39, 0.29) is 12.2 Å². The van der Waals surface area contributed by atoms with Crippen LogP contribution in [0.2, 0.25) is 0 Å². The zero-order valence-electron chi connectivity index (χ0n) is 14.1. The summed E-state index contributed by atoms with van der Waals surface area (Å²) in [7, 11) is 0. The molecule has 0 aliphatic carbocycles. The van der Waals surface area contributed by atoms with Gasteiger partial charge in [-0.2, -0.15) is 0 Å². The molecule has 3 aromatic heterocycles. The minimum absolute atomic E-state index is 0.110. The van der Waals surface area contributed by atoms with Crippen molar-refractivity contribution in [1.82, 2.24) is 19.1 Å². The zero-order chi connectivity index (χ0) is 18.8. The summed E-state index contributed by atoms with van der Waals surface area (Å²) in [5.74, 6) is 0. The van der Waals surface area contributed by atoms with Crippen molar-refractivity contribution in [3.8, 4) is 5.69 Å². The number of pyridine rings is 2. The van der Waals surface area contributed by atoms with Gasteiger partial charge in [-0.3, -0.25) is 14.3 Å². The van der Waals surface area contributed by atoms with Gasteiger partial charge in [-0.15, -0.1) is 0 Å². The van der Waals surface area contributed by atoms with Crippen molar-refractivity contribution >= 4 is 16.7 Å². The quantitative estimate of drug-likeness (QED) is 0.425. The van der Waals surface area contributed by atoms with Crippen molar-refractivity contribution in [3.05, 3.63) is 98.7 Å². The fraction of sp³-hybridized carbons (Fsp3) is 0.0526. The summed E-state index contributed by atoms with van der Waals surface area (Å²) < 4.78 is 2.51. The monoisotopic (exact) mass is 361 g/mol. The van der Waals surface area contributed by atoms with Gasteiger partial charge in [0.05, 0.1) is 17.6 Å². The Morgan fingerprint density at radius 2 is 1.81 bits per heavy atom. The Balaban J connectivity index is 2.03. The number of nitrogens with two attached hydrogens (primary N) is 1. The van der Waals surface area contributed by atoms with Crippen LogP contribution in [0.15, 0.2) is 76.7 Å². The summed E-state index contributed by atoms with van der Waals surface area (Å²) in [5, 5.41) is 11.5. The van der Waals surface area contributed by atoms with Gasteiger partial charge in [0.25, 0.3) is 5.56 Å². The first-order chi connectivity index (χ1) is 13.2. The summed E-state index contributed by atoms with van der Waals surface area (Å²) in [6.07, 6.45) is 4.73. The van der Waals surface area contributed by atoms with E-state index in [0.29, 0.717) is 22.2 Å². The fourth-order valence-corrected chi connectivity index (χ4v) is 2.97. The number of hydrogen-bond donors (Lipinski definition) is 1. The lowest BCUT2D eigenvalue weighted by Crippen LogP contribution is -2.70. The average molecular weight is 361 g/mol. The number of aromatic nitrogens is 4. The van der Waals surface area contributed by atoms with Crippen LogP contribution in [-0.4, -0.2) is 19.1 Å². The SMILES string of the molecule is O=c1c2cccnc2n(-c2cccc([NH2+][O-])c2)c(=O)n1Cc1ccncc1. The molecule has 8 heteroatoms. The number of quaternary nitrogens is 1. The number of fused-ring (bicyclic) bond motifs is 1. The molecule has 0 fully saturated rings. The van der Waals surface area contributed by atoms with E-state index in [1.807, 2.05) is 0 Å². The highest BCUT2D eigenvalue weighted by Crippen LogP contribution is 2.14. The predicted molar refractivity (Wildman–Crippen MR) is 99.9 cm³/mol. The van der Waals surface area contributed by atoms with Crippen LogP contribution in [-0.2, 0) is 6.54 Å². The van der Waals surface area contributed by atoms with Crippen molar-refractivity contribution in [1.29, 1.82) is 0 Å². The largest absolute Gasteiger partial charge is 0.630 e. The van der Waals surface area contributed by atoms with Crippen LogP contribution in [0.3, 0.4) is 0 Å². The molecule has 134 valence electrons. The van der Waals surface area contributed by atoms with Gasteiger partial charge in [0.2, 0.25) is 0 Å². The predicted octanol–water partition coefficient (Wildman–Crippen LogP) is 0.683. The molecule has 3 heterocycles. The topological polar surface area (TPSA) is 109 Å². The first kappa shape index (κ1) is 16.8. The number of benzene rings is 1. The van der Waals surface area contributed by atoms with E-state index in [9.17, 15) is 14.8 Å². The first-order valence-corrected chi connectivity index (χ1v) is 8.24. The average Bonchev–Trinajstić information content (AvgIpc) is 2.72. The van der Waals surface area contributed by atoms with Crippen LogP contribution < -0.4 is 16.7 Å². The minimum Gasteiger partial charge on any atom is -0.630 e. The number of hydrogen-bond acceptors (Lipinski definition) is 5. The standard InChI is InChI=1S/C19H15N5O3/c25-18-16-5-2-8-21-17(16)24(15-4-1-3-14(11-15)22-27)19(26)23(18)12-13-6-9-20-10-7-13/h1-11H,12,22H2. The maximum atomic E-state index is 13.2. The molecule has 8 nitrogen and oxygen atoms in total. The minimum atomic E-state index is -0.522. The van der Waals surface area contributed by atoms with Gasteiger partial charge in [-0.1, -0.05) is 6.07 Å². The second-order valence-corrected chi connectivity index (χ2v) is 5.95. The van der Waals surface area contributed by atoms with E-state index in [2.05, 4.69) is 9.97 Å². The summed E-state index contributed by atoms with van der Waals surface area (Å²) in [6.45, 7) is 0.110. The fourth-order valence-electron chi connectivity index (χ4n) is 2.97. The molecule has 1 aromatic carbocycles. The van der Waals surface area contributed by atoms with Gasteiger partial charge in [-0.25, -0.2) is 14.3 Å². The maximum absolute atomic E-state index is 13.2. The van der Waals surface area contributed by atoms with E-state index < -0.39 is 11.2 Å². The molecule has 2 N–H and O–H groups in total. The third-order valence-corrected chi connectivity index (χ3v) is 4.25. The van der Waals surface area contributed by atoms with Crippen molar-refractivity contribution in [2.24, 2.45) is 0 Å². The van der Waals surface area contributed by atoms with E-state index in [1.165, 1.54) is 10.8 Å². The Labute approximate surface area is 153 Å². The molecular weight excluding hydrogens is 346 g/mol. The Morgan fingerprint density at radius 3 is 2.59 bits per heavy atom. The molecule has 27 heavy (non-hydrogen) atoms. The molecular formula is C19H15N5O3. The van der Waals surface area contributed by atoms with Crippen molar-refractivity contribution in [3.63, 3.8) is 0 Å². The van der Waals surface area contributed by atoms with E-state index in [1.54, 1.807) is 60.9 Å². The molecule has 0 saturated heterocycles. The van der Waals surface area contributed by atoms with E-state index in [4.69, 9.17) is 0 Å². The summed E-state index contributed by atoms with van der Waals surface area (Å²) in [6, 6.07) is 13.4. The van der Waals surface area contributed by atoms with Gasteiger partial charge >= 0.3 is 5.69 Å². The molecule has 0 spiro atoms. The van der Waals surface area contributed by atoms with Crippen molar-refractivity contribution in [2.75, 3.05) is 0 Å². The molecule has 0 unspecified atom stereocenters. The second kappa shape index (κ2) is 6.94. The molecule has 4 rings (SSSR count). The Kier molecular flexibility index (Phi) is 4.33. The molecule has 0 atom stereocenters. The molecule has 0 radical (unpaired) electrons. The van der Waals surface area contributed by atoms with Crippen LogP contribution in [0.4, 0.5) is 5.69 Å². The molecule has 4 aromatic rings. The highest BCUT2D eigenvalue weighted by molar-refractivity contribution is 5.75. The molecule has 0 bridgehead atoms. The van der Waals surface area contributed by atoms with Gasteiger partial charge in [0.15, 0.2) is 5.65 Å². The molecule has 0 aliphatic heterocycles. The normalized spacial score (nSPS) is 11.0. The Bertz CT molecular complexity index is 1230. The highest BCUT2D eigenvalue weighted by Gasteiger charge is 2.16. The van der Waals surface area contributed by atoms with E-state index >= 15 is 0 Å². The van der Waals surface area contributed by atoms with Gasteiger partial charge < -0.3 is 10.7 Å². The second-order valence-electron chi connectivity index (χ2n) is 5.95. The lowest BCUT2D eigenvalue weighted by atomic mass is 10.2. The van der Waals surface area contributed by atoms with Crippen molar-refractivity contribution in [2.45, 2.75) is 6.54 Å². The highest BCUT2D eigenvalue weighted by atomic mass is 16.5. The molecule has 0 saturated carbocycles. The Morgan fingerprint density at radius 1 is 1.00 bits per heavy atom. The summed E-state index contributed by atoms with van der Waals surface area (Å²) >= 11 is 0. The number of rotatable bonds is 4. The molecule has 0 amide bonds. The van der Waals surface area contributed by atoms with Crippen molar-refractivity contribution < 1.29 is 5.48 Å². The summed E-state index contributed by atoms with van der Waals surface area (Å²) in [4.78, 5) is 34.3. The van der Waals surface area contributed by atoms with E-state index in [0.717, 1.165) is 10.1 Å². The first-order valence-electron chi connectivity index (χ1n) is 8.24. The Hall–Kier alpha value is -3.62. The van der Waals surface area contributed by atoms with Crippen LogP contribution in [0.1, 0.15) is 5.56 Å². The van der Waals surface area contributed by atoms with Crippen LogP contribution >= 0.6 is 0 Å². The maximum Gasteiger partial charge on any atom is 0.337 e. The lowest BCUT2D eigenvalue weighted by Gasteiger charge is -2.14. The van der Waals surface area contributed by atoms with Gasteiger partial charge in [-0.05, 0) is 42.0 Å². The van der Waals surface area contributed by atoms with Crippen LogP contribution in [0, 0.1) is 5.21 Å². The third kappa shape index (κ3) is 3.03. The van der Waals surface area contributed by atoms with Gasteiger partial charge in [0, 0.05) is 24.7 Å². The third-order valence-electron chi connectivity index (χ3n) is 4.25.